The van der Waals surface area contributed by atoms with Gasteiger partial charge in [0, 0.05) is 45.1 Å². The molecule has 2 aromatic carbocycles. The average molecular weight is 321 g/mol. The lowest BCUT2D eigenvalue weighted by atomic mass is 10.1. The molecule has 0 saturated carbocycles. The first-order valence-electron chi connectivity index (χ1n) is 8.10. The van der Waals surface area contributed by atoms with Crippen molar-refractivity contribution >= 4 is 28.8 Å². The van der Waals surface area contributed by atoms with Crippen LogP contribution < -0.4 is 9.91 Å². The molecule has 1 aliphatic heterocycles. The van der Waals surface area contributed by atoms with Crippen LogP contribution in [0.1, 0.15) is 12.5 Å². The van der Waals surface area contributed by atoms with Crippen molar-refractivity contribution in [2.24, 2.45) is 10.2 Å². The summed E-state index contributed by atoms with van der Waals surface area (Å²) >= 11 is 0. The Balaban J connectivity index is 1.83. The number of anilines is 2. The molecule has 2 aromatic rings. The van der Waals surface area contributed by atoms with E-state index in [1.54, 1.807) is 0 Å². The Morgan fingerprint density at radius 3 is 2.29 bits per heavy atom. The Labute approximate surface area is 143 Å². The summed E-state index contributed by atoms with van der Waals surface area (Å²) in [5.41, 5.74) is 5.21. The van der Waals surface area contributed by atoms with Gasteiger partial charge in [-0.25, -0.2) is 0 Å². The molecule has 0 bridgehead atoms. The molecule has 1 aliphatic rings. The summed E-state index contributed by atoms with van der Waals surface area (Å²) in [7, 11) is 6.09. The minimum Gasteiger partial charge on any atom is -0.378 e. The largest absolute Gasteiger partial charge is 0.378 e. The summed E-state index contributed by atoms with van der Waals surface area (Å²) in [6.45, 7) is 3.04. The quantitative estimate of drug-likeness (QED) is 0.757. The van der Waals surface area contributed by atoms with Crippen molar-refractivity contribution in [3.05, 3.63) is 54.2 Å². The Hall–Kier alpha value is -2.82. The van der Waals surface area contributed by atoms with Crippen LogP contribution in [0.15, 0.2) is 58.9 Å². The first-order valence-corrected chi connectivity index (χ1v) is 8.10. The van der Waals surface area contributed by atoms with Crippen LogP contribution in [-0.4, -0.2) is 32.7 Å². The molecule has 0 N–H and O–H groups in total. The molecule has 0 fully saturated rings. The fourth-order valence-corrected chi connectivity index (χ4v) is 2.72. The van der Waals surface area contributed by atoms with Gasteiger partial charge in [0.2, 0.25) is 0 Å². The normalized spacial score (nSPS) is 13.5. The minimum atomic E-state index is 0.850. The second-order valence-corrected chi connectivity index (χ2v) is 5.96. The van der Waals surface area contributed by atoms with E-state index in [-0.39, 0.29) is 0 Å². The molecular weight excluding hydrogens is 298 g/mol. The molecule has 124 valence electrons. The number of hydrazine groups is 1. The van der Waals surface area contributed by atoms with Crippen molar-refractivity contribution < 1.29 is 0 Å². The van der Waals surface area contributed by atoms with Gasteiger partial charge in [0.1, 0.15) is 0 Å². The molecule has 0 spiro atoms. The highest BCUT2D eigenvalue weighted by molar-refractivity contribution is 5.73. The van der Waals surface area contributed by atoms with Gasteiger partial charge >= 0.3 is 0 Å². The summed E-state index contributed by atoms with van der Waals surface area (Å²) in [4.78, 5) is 2.06. The van der Waals surface area contributed by atoms with Crippen LogP contribution in [0, 0.1) is 0 Å². The maximum absolute atomic E-state index is 4.40. The van der Waals surface area contributed by atoms with E-state index in [0.29, 0.717) is 0 Å². The number of fused-ring (bicyclic) bond motifs is 1. The fraction of sp³-hybridized carbons (Fsp3) is 0.263. The first kappa shape index (κ1) is 16.1. The van der Waals surface area contributed by atoms with Crippen LogP contribution in [-0.2, 0) is 0 Å². The van der Waals surface area contributed by atoms with Crippen LogP contribution in [0.25, 0.3) is 6.08 Å². The van der Waals surface area contributed by atoms with Gasteiger partial charge in [0.05, 0.1) is 17.1 Å². The number of azo groups is 1. The van der Waals surface area contributed by atoms with E-state index in [4.69, 9.17) is 0 Å². The maximum Gasteiger partial charge on any atom is 0.0878 e. The van der Waals surface area contributed by atoms with E-state index in [2.05, 4.69) is 56.5 Å². The van der Waals surface area contributed by atoms with E-state index < -0.39 is 0 Å². The molecule has 3 rings (SSSR count). The smallest absolute Gasteiger partial charge is 0.0878 e. The molecule has 0 aromatic heterocycles. The van der Waals surface area contributed by atoms with Crippen molar-refractivity contribution in [1.29, 1.82) is 0 Å². The van der Waals surface area contributed by atoms with Gasteiger partial charge in [-0.05, 0) is 49.4 Å². The van der Waals surface area contributed by atoms with E-state index in [9.17, 15) is 0 Å². The molecule has 0 aliphatic carbocycles. The van der Waals surface area contributed by atoms with Gasteiger partial charge in [-0.1, -0.05) is 6.07 Å². The topological polar surface area (TPSA) is 34.4 Å². The highest BCUT2D eigenvalue weighted by Gasteiger charge is 2.15. The van der Waals surface area contributed by atoms with Crippen molar-refractivity contribution in [2.45, 2.75) is 6.92 Å². The molecule has 24 heavy (non-hydrogen) atoms. The SMILES string of the molecule is CCN1c2cc(N=Nc3ccc(N(C)C)cc3)ccc2C=CN1C. The third-order valence-electron chi connectivity index (χ3n) is 4.09. The predicted molar refractivity (Wildman–Crippen MR) is 101 cm³/mol. The Morgan fingerprint density at radius 2 is 1.62 bits per heavy atom. The summed E-state index contributed by atoms with van der Waals surface area (Å²) in [6.07, 6.45) is 4.18. The molecule has 0 saturated heterocycles. The number of benzene rings is 2. The Bertz CT molecular complexity index is 762. The molecule has 0 radical (unpaired) electrons. The molecule has 5 heteroatoms. The number of rotatable bonds is 4. The summed E-state index contributed by atoms with van der Waals surface area (Å²) in [5, 5.41) is 13.0. The van der Waals surface area contributed by atoms with Crippen LogP contribution >= 0.6 is 0 Å². The monoisotopic (exact) mass is 321 g/mol. The number of hydrogen-bond donors (Lipinski definition) is 0. The van der Waals surface area contributed by atoms with Gasteiger partial charge in [0.25, 0.3) is 0 Å². The highest BCUT2D eigenvalue weighted by Crippen LogP contribution is 2.32. The number of hydrogen-bond acceptors (Lipinski definition) is 5. The molecule has 1 heterocycles. The van der Waals surface area contributed by atoms with Crippen molar-refractivity contribution in [2.75, 3.05) is 37.6 Å². The van der Waals surface area contributed by atoms with Gasteiger partial charge < -0.3 is 4.90 Å². The second-order valence-electron chi connectivity index (χ2n) is 5.96. The fourth-order valence-electron chi connectivity index (χ4n) is 2.72. The molecule has 0 unspecified atom stereocenters. The summed E-state index contributed by atoms with van der Waals surface area (Å²) < 4.78 is 0. The van der Waals surface area contributed by atoms with Crippen LogP contribution in [0.3, 0.4) is 0 Å². The zero-order chi connectivity index (χ0) is 17.1. The molecule has 5 nitrogen and oxygen atoms in total. The van der Waals surface area contributed by atoms with E-state index in [1.165, 1.54) is 5.56 Å². The van der Waals surface area contributed by atoms with Crippen LogP contribution in [0.5, 0.6) is 0 Å². The van der Waals surface area contributed by atoms with Crippen molar-refractivity contribution in [3.8, 4) is 0 Å². The Morgan fingerprint density at radius 1 is 0.958 bits per heavy atom. The summed E-state index contributed by atoms with van der Waals surface area (Å²) in [6, 6.07) is 14.2. The lowest BCUT2D eigenvalue weighted by Crippen LogP contribution is -2.37. The van der Waals surface area contributed by atoms with Crippen LogP contribution in [0.2, 0.25) is 0 Å². The first-order chi connectivity index (χ1) is 11.6. The minimum absolute atomic E-state index is 0.850. The van der Waals surface area contributed by atoms with E-state index in [1.807, 2.05) is 51.5 Å². The average Bonchev–Trinajstić information content (AvgIpc) is 2.60. The van der Waals surface area contributed by atoms with Gasteiger partial charge in [0.15, 0.2) is 0 Å². The van der Waals surface area contributed by atoms with Crippen LogP contribution in [0.4, 0.5) is 22.7 Å². The third kappa shape index (κ3) is 3.25. The highest BCUT2D eigenvalue weighted by atomic mass is 15.6. The van der Waals surface area contributed by atoms with Crippen molar-refractivity contribution in [3.63, 3.8) is 0 Å². The molecular formula is C19H23N5. The van der Waals surface area contributed by atoms with E-state index in [0.717, 1.165) is 29.3 Å². The third-order valence-corrected chi connectivity index (χ3v) is 4.09. The second kappa shape index (κ2) is 6.74. The molecule has 0 amide bonds. The van der Waals surface area contributed by atoms with E-state index >= 15 is 0 Å². The zero-order valence-corrected chi connectivity index (χ0v) is 14.6. The Kier molecular flexibility index (Phi) is 4.51. The lowest BCUT2D eigenvalue weighted by Gasteiger charge is -2.36. The van der Waals surface area contributed by atoms with Gasteiger partial charge in [-0.3, -0.25) is 10.0 Å². The maximum atomic E-state index is 4.40. The molecule has 0 atom stereocenters. The predicted octanol–water partition coefficient (Wildman–Crippen LogP) is 4.83. The summed E-state index contributed by atoms with van der Waals surface area (Å²) in [5.74, 6) is 0. The lowest BCUT2D eigenvalue weighted by molar-refractivity contribution is 0.418. The van der Waals surface area contributed by atoms with Gasteiger partial charge in [-0.15, -0.1) is 0 Å². The van der Waals surface area contributed by atoms with Gasteiger partial charge in [-0.2, -0.15) is 10.2 Å². The standard InChI is InChI=1S/C19H23N5/c1-5-24-19-14-17(7-6-15(19)12-13-23(24)4)21-20-16-8-10-18(11-9-16)22(2)3/h6-14H,5H2,1-4H3. The zero-order valence-electron chi connectivity index (χ0n) is 14.6. The van der Waals surface area contributed by atoms with Crippen molar-refractivity contribution in [1.82, 2.24) is 5.01 Å². The number of nitrogens with zero attached hydrogens (tertiary/aromatic N) is 5.